The van der Waals surface area contributed by atoms with Crippen LogP contribution in [0, 0.1) is 12.7 Å². The Kier molecular flexibility index (Phi) is 4.66. The number of hydrogen-bond acceptors (Lipinski definition) is 5. The molecule has 1 amide bonds. The Morgan fingerprint density at radius 3 is 2.92 bits per heavy atom. The number of carbonyl (C=O) groups is 1. The van der Waals surface area contributed by atoms with E-state index in [9.17, 15) is 9.18 Å². The minimum absolute atomic E-state index is 0.0107. The summed E-state index contributed by atoms with van der Waals surface area (Å²) in [4.78, 5) is 16.3. The molecule has 2 heterocycles. The topological polar surface area (TPSA) is 63.9 Å². The molecule has 0 saturated carbocycles. The van der Waals surface area contributed by atoms with Gasteiger partial charge in [-0.25, -0.2) is 4.39 Å². The van der Waals surface area contributed by atoms with Gasteiger partial charge >= 0.3 is 0 Å². The van der Waals surface area contributed by atoms with Gasteiger partial charge in [0, 0.05) is 17.5 Å². The highest BCUT2D eigenvalue weighted by Gasteiger charge is 2.14. The third-order valence-corrected chi connectivity index (χ3v) is 4.59. The van der Waals surface area contributed by atoms with Gasteiger partial charge in [-0.05, 0) is 41.3 Å². The van der Waals surface area contributed by atoms with Crippen LogP contribution in [0.5, 0.6) is 0 Å². The van der Waals surface area contributed by atoms with E-state index in [2.05, 4.69) is 15.4 Å². The minimum Gasteiger partial charge on any atom is -0.339 e. The van der Waals surface area contributed by atoms with Crippen LogP contribution in [-0.2, 0) is 17.9 Å². The predicted octanol–water partition coefficient (Wildman–Crippen LogP) is 2.51. The van der Waals surface area contributed by atoms with E-state index in [1.807, 2.05) is 18.4 Å². The van der Waals surface area contributed by atoms with Crippen LogP contribution in [0.2, 0.25) is 0 Å². The van der Waals surface area contributed by atoms with Gasteiger partial charge in [-0.15, -0.1) is 21.5 Å². The highest BCUT2D eigenvalue weighted by atomic mass is 32.1. The van der Waals surface area contributed by atoms with Gasteiger partial charge in [-0.3, -0.25) is 4.79 Å². The van der Waals surface area contributed by atoms with Crippen molar-refractivity contribution < 1.29 is 9.18 Å². The molecule has 0 aliphatic heterocycles. The average molecular weight is 345 g/mol. The highest BCUT2D eigenvalue weighted by Crippen LogP contribution is 2.17. The van der Waals surface area contributed by atoms with Crippen LogP contribution in [-0.4, -0.2) is 38.1 Å². The van der Waals surface area contributed by atoms with E-state index in [4.69, 9.17) is 0 Å². The van der Waals surface area contributed by atoms with E-state index >= 15 is 0 Å². The summed E-state index contributed by atoms with van der Waals surface area (Å²) in [5.74, 6) is -0.198. The summed E-state index contributed by atoms with van der Waals surface area (Å²) in [6.45, 7) is 2.56. The third kappa shape index (κ3) is 3.65. The standard InChI is InChI=1S/C16H16FN5OS/c1-11-6-7-24-14(11)9-21(2)15(23)10-22-19-16(18-20-22)12-4-3-5-13(17)8-12/h3-8H,9-10H2,1-2H3. The Labute approximate surface area is 142 Å². The van der Waals surface area contributed by atoms with Crippen LogP contribution in [0.4, 0.5) is 4.39 Å². The monoisotopic (exact) mass is 345 g/mol. The quantitative estimate of drug-likeness (QED) is 0.713. The molecule has 1 aromatic carbocycles. The van der Waals surface area contributed by atoms with Crippen molar-refractivity contribution in [2.45, 2.75) is 20.0 Å². The third-order valence-electron chi connectivity index (χ3n) is 3.59. The molecule has 6 nitrogen and oxygen atoms in total. The molecule has 0 saturated heterocycles. The fraction of sp³-hybridized carbons (Fsp3) is 0.250. The number of rotatable bonds is 5. The zero-order chi connectivity index (χ0) is 17.1. The molecule has 0 unspecified atom stereocenters. The van der Waals surface area contributed by atoms with Crippen LogP contribution in [0.3, 0.4) is 0 Å². The Morgan fingerprint density at radius 1 is 1.38 bits per heavy atom. The Bertz CT molecular complexity index is 860. The number of carbonyl (C=O) groups excluding carboxylic acids is 1. The lowest BCUT2D eigenvalue weighted by atomic mass is 10.2. The van der Waals surface area contributed by atoms with E-state index in [-0.39, 0.29) is 18.3 Å². The number of benzene rings is 1. The van der Waals surface area contributed by atoms with Gasteiger partial charge < -0.3 is 4.90 Å². The van der Waals surface area contributed by atoms with Crippen molar-refractivity contribution in [1.82, 2.24) is 25.1 Å². The summed E-state index contributed by atoms with van der Waals surface area (Å²) >= 11 is 1.62. The van der Waals surface area contributed by atoms with Crippen molar-refractivity contribution in [1.29, 1.82) is 0 Å². The number of hydrogen-bond donors (Lipinski definition) is 0. The number of nitrogens with zero attached hydrogens (tertiary/aromatic N) is 5. The molecule has 124 valence electrons. The summed E-state index contributed by atoms with van der Waals surface area (Å²) < 4.78 is 13.2. The summed E-state index contributed by atoms with van der Waals surface area (Å²) in [5, 5.41) is 13.9. The first-order valence-electron chi connectivity index (χ1n) is 7.33. The maximum absolute atomic E-state index is 13.2. The number of aromatic nitrogens is 4. The average Bonchev–Trinajstić information content (AvgIpc) is 3.17. The number of aryl methyl sites for hydroxylation is 1. The summed E-state index contributed by atoms with van der Waals surface area (Å²) in [5.41, 5.74) is 1.70. The normalized spacial score (nSPS) is 10.8. The lowest BCUT2D eigenvalue weighted by Gasteiger charge is -2.16. The maximum Gasteiger partial charge on any atom is 0.246 e. The van der Waals surface area contributed by atoms with Crippen LogP contribution < -0.4 is 0 Å². The second-order valence-corrected chi connectivity index (χ2v) is 6.43. The van der Waals surface area contributed by atoms with Crippen molar-refractivity contribution in [2.75, 3.05) is 7.05 Å². The highest BCUT2D eigenvalue weighted by molar-refractivity contribution is 7.10. The number of likely N-dealkylation sites (N-methyl/N-ethyl adjacent to an activating group) is 1. The molecule has 24 heavy (non-hydrogen) atoms. The fourth-order valence-corrected chi connectivity index (χ4v) is 3.12. The van der Waals surface area contributed by atoms with Crippen LogP contribution in [0.25, 0.3) is 11.4 Å². The van der Waals surface area contributed by atoms with Crippen molar-refractivity contribution in [3.63, 3.8) is 0 Å². The number of thiophene rings is 1. The number of amides is 1. The fourth-order valence-electron chi connectivity index (χ4n) is 2.16. The van der Waals surface area contributed by atoms with Gasteiger partial charge in [-0.1, -0.05) is 12.1 Å². The maximum atomic E-state index is 13.2. The van der Waals surface area contributed by atoms with Crippen LogP contribution >= 0.6 is 11.3 Å². The van der Waals surface area contributed by atoms with Gasteiger partial charge in [0.1, 0.15) is 12.4 Å². The number of tetrazole rings is 1. The molecule has 3 rings (SSSR count). The number of halogens is 1. The smallest absolute Gasteiger partial charge is 0.246 e. The van der Waals surface area contributed by atoms with Crippen LogP contribution in [0.15, 0.2) is 35.7 Å². The van der Waals surface area contributed by atoms with Crippen molar-refractivity contribution >= 4 is 17.2 Å². The molecule has 0 aliphatic carbocycles. The van der Waals surface area contributed by atoms with Crippen molar-refractivity contribution in [2.24, 2.45) is 0 Å². The van der Waals surface area contributed by atoms with Gasteiger partial charge in [0.05, 0.1) is 6.54 Å². The molecule has 8 heteroatoms. The molecule has 0 N–H and O–H groups in total. The molecular weight excluding hydrogens is 329 g/mol. The van der Waals surface area contributed by atoms with E-state index < -0.39 is 0 Å². The zero-order valence-corrected chi connectivity index (χ0v) is 14.1. The molecule has 0 aliphatic rings. The van der Waals surface area contributed by atoms with Crippen molar-refractivity contribution in [3.05, 3.63) is 52.0 Å². The molecule has 0 bridgehead atoms. The van der Waals surface area contributed by atoms with E-state index in [0.29, 0.717) is 17.9 Å². The molecule has 2 aromatic heterocycles. The first-order valence-corrected chi connectivity index (χ1v) is 8.21. The SMILES string of the molecule is Cc1ccsc1CN(C)C(=O)Cn1nnc(-c2cccc(F)c2)n1. The Morgan fingerprint density at radius 2 is 2.21 bits per heavy atom. The predicted molar refractivity (Wildman–Crippen MR) is 88.7 cm³/mol. The molecule has 0 fully saturated rings. The minimum atomic E-state index is -0.369. The molecule has 3 aromatic rings. The lowest BCUT2D eigenvalue weighted by molar-refractivity contribution is -0.131. The zero-order valence-electron chi connectivity index (χ0n) is 13.3. The van der Waals surface area contributed by atoms with E-state index in [0.717, 1.165) is 4.88 Å². The molecule has 0 spiro atoms. The summed E-state index contributed by atoms with van der Waals surface area (Å²) in [6.07, 6.45) is 0. The summed E-state index contributed by atoms with van der Waals surface area (Å²) in [6, 6.07) is 7.97. The van der Waals surface area contributed by atoms with E-state index in [1.165, 1.54) is 22.5 Å². The first-order chi connectivity index (χ1) is 11.5. The van der Waals surface area contributed by atoms with Crippen LogP contribution in [0.1, 0.15) is 10.4 Å². The van der Waals surface area contributed by atoms with E-state index in [1.54, 1.807) is 35.4 Å². The molecule has 0 atom stereocenters. The molecular formula is C16H16FN5OS. The lowest BCUT2D eigenvalue weighted by Crippen LogP contribution is -2.30. The summed E-state index contributed by atoms with van der Waals surface area (Å²) in [7, 11) is 1.74. The largest absolute Gasteiger partial charge is 0.339 e. The van der Waals surface area contributed by atoms with Gasteiger partial charge in [0.2, 0.25) is 11.7 Å². The second-order valence-electron chi connectivity index (χ2n) is 5.43. The van der Waals surface area contributed by atoms with Crippen molar-refractivity contribution in [3.8, 4) is 11.4 Å². The molecule has 0 radical (unpaired) electrons. The van der Waals surface area contributed by atoms with Gasteiger partial charge in [0.25, 0.3) is 0 Å². The second kappa shape index (κ2) is 6.88. The van der Waals surface area contributed by atoms with Gasteiger partial charge in [0.15, 0.2) is 0 Å². The Balaban J connectivity index is 1.66. The first kappa shape index (κ1) is 16.3. The van der Waals surface area contributed by atoms with Gasteiger partial charge in [-0.2, -0.15) is 4.80 Å². The Hall–Kier alpha value is -2.61.